The number of benzene rings is 3. The second-order valence-corrected chi connectivity index (χ2v) is 7.79. The summed E-state index contributed by atoms with van der Waals surface area (Å²) < 4.78 is 15.7. The second kappa shape index (κ2) is 8.19. The molecule has 1 aromatic heterocycles. The van der Waals surface area contributed by atoms with Gasteiger partial charge in [-0.1, -0.05) is 41.4 Å². The molecule has 0 saturated carbocycles. The number of hydrogen-bond donors (Lipinski definition) is 1. The molecule has 0 aliphatic carbocycles. The van der Waals surface area contributed by atoms with Gasteiger partial charge in [-0.2, -0.15) is 0 Å². The molecule has 0 aliphatic heterocycles. The summed E-state index contributed by atoms with van der Waals surface area (Å²) in [4.78, 5) is 18.2. The molecular weight excluding hydrogens is 424 g/mol. The summed E-state index contributed by atoms with van der Waals surface area (Å²) in [5, 5.41) is 4.39. The van der Waals surface area contributed by atoms with Crippen LogP contribution in [0.1, 0.15) is 11.1 Å². The van der Waals surface area contributed by atoms with Crippen LogP contribution >= 0.6 is 23.2 Å². The molecule has 1 N–H and O–H groups in total. The van der Waals surface area contributed by atoms with Gasteiger partial charge in [0.1, 0.15) is 11.6 Å². The van der Waals surface area contributed by atoms with E-state index in [1.807, 2.05) is 19.2 Å². The van der Waals surface area contributed by atoms with E-state index in [-0.39, 0.29) is 5.56 Å². The molecule has 7 heteroatoms. The van der Waals surface area contributed by atoms with Gasteiger partial charge < -0.3 is 5.32 Å². The lowest BCUT2D eigenvalue weighted by atomic mass is 10.1. The highest BCUT2D eigenvalue weighted by atomic mass is 35.5. The highest BCUT2D eigenvalue weighted by molar-refractivity contribution is 6.34. The third kappa shape index (κ3) is 3.60. The molecule has 0 radical (unpaired) electrons. The molecule has 152 valence electrons. The highest BCUT2D eigenvalue weighted by Gasteiger charge is 2.19. The molecule has 0 unspecified atom stereocenters. The van der Waals surface area contributed by atoms with Crippen molar-refractivity contribution in [2.24, 2.45) is 0 Å². The van der Waals surface area contributed by atoms with Crippen LogP contribution in [0.25, 0.3) is 28.0 Å². The molecule has 0 bridgehead atoms. The van der Waals surface area contributed by atoms with E-state index in [1.54, 1.807) is 43.3 Å². The Morgan fingerprint density at radius 2 is 1.90 bits per heavy atom. The van der Waals surface area contributed by atoms with Crippen LogP contribution in [0.15, 0.2) is 59.4 Å². The van der Waals surface area contributed by atoms with E-state index in [1.165, 1.54) is 10.6 Å². The third-order valence-corrected chi connectivity index (χ3v) is 5.61. The lowest BCUT2D eigenvalue weighted by Gasteiger charge is -2.16. The lowest BCUT2D eigenvalue weighted by molar-refractivity contribution is 0.617. The minimum absolute atomic E-state index is 0.320. The Balaban J connectivity index is 2.11. The number of hydrogen-bond acceptors (Lipinski definition) is 3. The van der Waals surface area contributed by atoms with E-state index in [0.29, 0.717) is 50.1 Å². The van der Waals surface area contributed by atoms with E-state index in [4.69, 9.17) is 28.2 Å². The summed E-state index contributed by atoms with van der Waals surface area (Å²) in [7, 11) is 1.82. The smallest absolute Gasteiger partial charge is 0.266 e. The van der Waals surface area contributed by atoms with E-state index in [9.17, 15) is 9.18 Å². The van der Waals surface area contributed by atoms with Gasteiger partial charge >= 0.3 is 0 Å². The lowest BCUT2D eigenvalue weighted by Crippen LogP contribution is -2.22. The van der Waals surface area contributed by atoms with Crippen molar-refractivity contribution in [2.45, 2.75) is 13.5 Å². The van der Waals surface area contributed by atoms with Crippen LogP contribution in [0.3, 0.4) is 0 Å². The van der Waals surface area contributed by atoms with Crippen LogP contribution in [0.2, 0.25) is 10.0 Å². The normalized spacial score (nSPS) is 11.2. The highest BCUT2D eigenvalue weighted by Crippen LogP contribution is 2.32. The van der Waals surface area contributed by atoms with Crippen molar-refractivity contribution < 1.29 is 4.39 Å². The summed E-state index contributed by atoms with van der Waals surface area (Å²) in [5.41, 5.74) is 2.41. The zero-order valence-electron chi connectivity index (χ0n) is 16.3. The Labute approximate surface area is 182 Å². The molecule has 4 nitrogen and oxygen atoms in total. The SMILES string of the molecule is CNCc1cccc(-c2nc3cc(Cl)ccc3c(=O)n2-c2ccc(C)c(F)c2)c1Cl. The van der Waals surface area contributed by atoms with Gasteiger partial charge in [-0.3, -0.25) is 9.36 Å². The first-order valence-corrected chi connectivity index (χ1v) is 10.1. The van der Waals surface area contributed by atoms with E-state index in [2.05, 4.69) is 5.32 Å². The van der Waals surface area contributed by atoms with Gasteiger partial charge in [0.05, 0.1) is 21.6 Å². The first kappa shape index (κ1) is 20.5. The number of nitrogens with zero attached hydrogens (tertiary/aromatic N) is 2. The molecule has 1 heterocycles. The predicted octanol–water partition coefficient (Wildman–Crippen LogP) is 5.53. The first-order chi connectivity index (χ1) is 14.4. The Bertz CT molecular complexity index is 1330. The predicted molar refractivity (Wildman–Crippen MR) is 120 cm³/mol. The standard InChI is InChI=1S/C23H18Cl2FN3O/c1-13-6-8-16(11-19(13)26)29-22(18-5-3-4-14(12-27-2)21(18)25)28-20-10-15(24)7-9-17(20)23(29)30/h3-11,27H,12H2,1-2H3. The largest absolute Gasteiger partial charge is 0.316 e. The monoisotopic (exact) mass is 441 g/mol. The number of rotatable bonds is 4. The number of aryl methyl sites for hydroxylation is 1. The van der Waals surface area contributed by atoms with Gasteiger partial charge in [0, 0.05) is 17.1 Å². The average Bonchev–Trinajstić information content (AvgIpc) is 2.71. The molecule has 0 aliphatic rings. The molecule has 0 fully saturated rings. The second-order valence-electron chi connectivity index (χ2n) is 6.98. The Morgan fingerprint density at radius 3 is 2.63 bits per heavy atom. The quantitative estimate of drug-likeness (QED) is 0.452. The van der Waals surface area contributed by atoms with Crippen molar-refractivity contribution >= 4 is 34.1 Å². The molecule has 0 spiro atoms. The number of halogens is 3. The van der Waals surface area contributed by atoms with Gasteiger partial charge in [0.2, 0.25) is 0 Å². The van der Waals surface area contributed by atoms with Crippen LogP contribution in [0.5, 0.6) is 0 Å². The van der Waals surface area contributed by atoms with Gasteiger partial charge in [-0.05, 0) is 61.5 Å². The first-order valence-electron chi connectivity index (χ1n) is 9.32. The fraction of sp³-hybridized carbons (Fsp3) is 0.130. The van der Waals surface area contributed by atoms with Crippen molar-refractivity contribution in [1.29, 1.82) is 0 Å². The Kier molecular flexibility index (Phi) is 5.60. The van der Waals surface area contributed by atoms with Crippen molar-refractivity contribution in [3.05, 3.63) is 91.9 Å². The third-order valence-electron chi connectivity index (χ3n) is 4.93. The van der Waals surface area contributed by atoms with E-state index >= 15 is 0 Å². The number of nitrogens with one attached hydrogen (secondary N) is 1. The summed E-state index contributed by atoms with van der Waals surface area (Å²) in [6.07, 6.45) is 0. The average molecular weight is 442 g/mol. The van der Waals surface area contributed by atoms with Crippen molar-refractivity contribution in [3.8, 4) is 17.1 Å². The topological polar surface area (TPSA) is 46.9 Å². The van der Waals surface area contributed by atoms with Crippen LogP contribution in [0.4, 0.5) is 4.39 Å². The maximum atomic E-state index is 14.4. The number of aromatic nitrogens is 2. The Morgan fingerprint density at radius 1 is 1.10 bits per heavy atom. The zero-order chi connectivity index (χ0) is 21.4. The van der Waals surface area contributed by atoms with Crippen LogP contribution in [-0.2, 0) is 6.54 Å². The van der Waals surface area contributed by atoms with Gasteiger partial charge in [0.25, 0.3) is 5.56 Å². The van der Waals surface area contributed by atoms with Crippen LogP contribution in [0, 0.1) is 12.7 Å². The van der Waals surface area contributed by atoms with E-state index in [0.717, 1.165) is 5.56 Å². The summed E-state index contributed by atoms with van der Waals surface area (Å²) in [6.45, 7) is 2.22. The van der Waals surface area contributed by atoms with Gasteiger partial charge in [-0.15, -0.1) is 0 Å². The summed E-state index contributed by atoms with van der Waals surface area (Å²) in [6, 6.07) is 15.1. The molecule has 0 saturated heterocycles. The van der Waals surface area contributed by atoms with Crippen molar-refractivity contribution in [3.63, 3.8) is 0 Å². The maximum absolute atomic E-state index is 14.4. The molecule has 0 amide bonds. The molecular formula is C23H18Cl2FN3O. The van der Waals surface area contributed by atoms with Crippen LogP contribution < -0.4 is 10.9 Å². The summed E-state index contributed by atoms with van der Waals surface area (Å²) in [5.74, 6) is -0.0856. The minimum atomic E-state index is -0.406. The van der Waals surface area contributed by atoms with Gasteiger partial charge in [0.15, 0.2) is 0 Å². The van der Waals surface area contributed by atoms with E-state index < -0.39 is 5.82 Å². The summed E-state index contributed by atoms with van der Waals surface area (Å²) >= 11 is 12.8. The molecule has 3 aromatic carbocycles. The fourth-order valence-corrected chi connectivity index (χ4v) is 3.82. The number of fused-ring (bicyclic) bond motifs is 1. The zero-order valence-corrected chi connectivity index (χ0v) is 17.9. The minimum Gasteiger partial charge on any atom is -0.316 e. The maximum Gasteiger partial charge on any atom is 0.266 e. The molecule has 4 rings (SSSR count). The fourth-order valence-electron chi connectivity index (χ4n) is 3.38. The van der Waals surface area contributed by atoms with Crippen LogP contribution in [-0.4, -0.2) is 16.6 Å². The molecule has 30 heavy (non-hydrogen) atoms. The molecule has 4 aromatic rings. The van der Waals surface area contributed by atoms with Crippen molar-refractivity contribution in [2.75, 3.05) is 7.05 Å². The van der Waals surface area contributed by atoms with Gasteiger partial charge in [-0.25, -0.2) is 9.37 Å². The molecule has 0 atom stereocenters. The van der Waals surface area contributed by atoms with Crippen molar-refractivity contribution in [1.82, 2.24) is 14.9 Å². The Hall–Kier alpha value is -2.73.